The Morgan fingerprint density at radius 3 is 2.71 bits per heavy atom. The van der Waals surface area contributed by atoms with Crippen LogP contribution in [0.5, 0.6) is 0 Å². The van der Waals surface area contributed by atoms with Crippen LogP contribution in [-0.2, 0) is 24.9 Å². The van der Waals surface area contributed by atoms with Crippen molar-refractivity contribution in [3.8, 4) is 0 Å². The topological polar surface area (TPSA) is 87.6 Å². The van der Waals surface area contributed by atoms with Crippen LogP contribution in [0.3, 0.4) is 0 Å². The van der Waals surface area contributed by atoms with Crippen LogP contribution in [-0.4, -0.2) is 34.7 Å². The Bertz CT molecular complexity index is 1180. The lowest BCUT2D eigenvalue weighted by molar-refractivity contribution is -0.120. The van der Waals surface area contributed by atoms with Crippen LogP contribution >= 0.6 is 0 Å². The molecule has 0 fully saturated rings. The summed E-state index contributed by atoms with van der Waals surface area (Å²) in [7, 11) is 1.78. The highest BCUT2D eigenvalue weighted by Crippen LogP contribution is 2.32. The predicted octanol–water partition coefficient (Wildman–Crippen LogP) is 3.22. The average molecular weight is 423 g/mol. The lowest BCUT2D eigenvalue weighted by Crippen LogP contribution is -2.27. The monoisotopic (exact) mass is 422 g/mol. The standard InChI is InChI=1S/C23H30N6O2/c1-23(2,3)13-29-20-10-9-19(26-21(20)27(4)22(29)31)17-7-5-16(6-8-17)11-18(30)12-28-15-24-14-25-28/h7,9-10,14-16H,5-6,8,11-13H2,1-4H3. The van der Waals surface area contributed by atoms with E-state index in [0.717, 1.165) is 36.1 Å². The quantitative estimate of drug-likeness (QED) is 0.609. The van der Waals surface area contributed by atoms with Crippen LogP contribution in [0.25, 0.3) is 16.7 Å². The third-order valence-corrected chi connectivity index (χ3v) is 5.78. The molecule has 3 aromatic rings. The molecule has 0 spiro atoms. The van der Waals surface area contributed by atoms with E-state index >= 15 is 0 Å². The van der Waals surface area contributed by atoms with Gasteiger partial charge in [-0.1, -0.05) is 26.8 Å². The van der Waals surface area contributed by atoms with Crippen molar-refractivity contribution in [3.05, 3.63) is 47.0 Å². The van der Waals surface area contributed by atoms with Crippen LogP contribution in [0.2, 0.25) is 0 Å². The Labute approximate surface area is 181 Å². The summed E-state index contributed by atoms with van der Waals surface area (Å²) >= 11 is 0. The van der Waals surface area contributed by atoms with Crippen molar-refractivity contribution < 1.29 is 4.79 Å². The highest BCUT2D eigenvalue weighted by atomic mass is 16.1. The van der Waals surface area contributed by atoms with Crippen LogP contribution in [0.15, 0.2) is 35.7 Å². The third kappa shape index (κ3) is 4.68. The van der Waals surface area contributed by atoms with Crippen molar-refractivity contribution in [1.29, 1.82) is 0 Å². The van der Waals surface area contributed by atoms with E-state index in [9.17, 15) is 9.59 Å². The van der Waals surface area contributed by atoms with E-state index in [-0.39, 0.29) is 23.4 Å². The van der Waals surface area contributed by atoms with Crippen LogP contribution in [0, 0.1) is 11.3 Å². The first kappa shape index (κ1) is 21.2. The van der Waals surface area contributed by atoms with E-state index in [4.69, 9.17) is 4.98 Å². The van der Waals surface area contributed by atoms with Gasteiger partial charge in [0.15, 0.2) is 11.4 Å². The summed E-state index contributed by atoms with van der Waals surface area (Å²) in [4.78, 5) is 33.7. The minimum absolute atomic E-state index is 0.00303. The van der Waals surface area contributed by atoms with E-state index in [1.165, 1.54) is 11.9 Å². The third-order valence-electron chi connectivity index (χ3n) is 5.78. The van der Waals surface area contributed by atoms with Gasteiger partial charge in [0.25, 0.3) is 0 Å². The van der Waals surface area contributed by atoms with Crippen molar-refractivity contribution in [2.75, 3.05) is 0 Å². The second-order valence-electron chi connectivity index (χ2n) is 9.73. The summed E-state index contributed by atoms with van der Waals surface area (Å²) in [6.45, 7) is 7.31. The van der Waals surface area contributed by atoms with Gasteiger partial charge in [0, 0.05) is 20.0 Å². The molecule has 0 aliphatic heterocycles. The normalized spacial score (nSPS) is 17.2. The molecule has 1 aliphatic carbocycles. The predicted molar refractivity (Wildman–Crippen MR) is 119 cm³/mol. The number of allylic oxidation sites excluding steroid dienone is 2. The van der Waals surface area contributed by atoms with E-state index in [2.05, 4.69) is 36.9 Å². The maximum Gasteiger partial charge on any atom is 0.330 e. The molecular formula is C23H30N6O2. The minimum atomic E-state index is -0.0295. The number of hydrogen-bond donors (Lipinski definition) is 0. The van der Waals surface area contributed by atoms with Crippen LogP contribution in [0.4, 0.5) is 0 Å². The molecule has 4 rings (SSSR count). The number of ketones is 1. The molecule has 0 radical (unpaired) electrons. The summed E-state index contributed by atoms with van der Waals surface area (Å²) in [5.41, 5.74) is 3.68. The smallest absolute Gasteiger partial charge is 0.298 e. The summed E-state index contributed by atoms with van der Waals surface area (Å²) in [5.74, 6) is 0.530. The molecule has 0 bridgehead atoms. The molecule has 8 heteroatoms. The highest BCUT2D eigenvalue weighted by Gasteiger charge is 2.22. The zero-order chi connectivity index (χ0) is 22.2. The molecule has 3 aromatic heterocycles. The van der Waals surface area contributed by atoms with Crippen molar-refractivity contribution >= 4 is 22.5 Å². The molecule has 0 aromatic carbocycles. The maximum atomic E-state index is 12.7. The number of aryl methyl sites for hydroxylation is 1. The molecule has 0 N–H and O–H groups in total. The number of rotatable bonds is 6. The van der Waals surface area contributed by atoms with E-state index in [1.54, 1.807) is 22.6 Å². The molecule has 1 aliphatic rings. The number of pyridine rings is 1. The number of carbonyl (C=O) groups is 1. The molecule has 0 saturated carbocycles. The summed E-state index contributed by atoms with van der Waals surface area (Å²) in [5, 5.41) is 4.00. The van der Waals surface area contributed by atoms with E-state index in [0.29, 0.717) is 18.9 Å². The van der Waals surface area contributed by atoms with Crippen molar-refractivity contribution in [2.45, 2.75) is 59.5 Å². The van der Waals surface area contributed by atoms with Gasteiger partial charge in [0.1, 0.15) is 19.2 Å². The number of Topliss-reactive ketones (excluding diaryl/α,β-unsaturated/α-hetero) is 1. The molecule has 0 saturated heterocycles. The lowest BCUT2D eigenvalue weighted by atomic mass is 9.85. The molecule has 31 heavy (non-hydrogen) atoms. The van der Waals surface area contributed by atoms with Crippen molar-refractivity contribution in [3.63, 3.8) is 0 Å². The molecule has 3 heterocycles. The largest absolute Gasteiger partial charge is 0.330 e. The number of imidazole rings is 1. The number of aromatic nitrogens is 6. The summed E-state index contributed by atoms with van der Waals surface area (Å²) < 4.78 is 5.03. The number of hydrogen-bond acceptors (Lipinski definition) is 5. The maximum absolute atomic E-state index is 12.7. The molecule has 1 unspecified atom stereocenters. The summed E-state index contributed by atoms with van der Waals surface area (Å²) in [6.07, 6.45) is 8.48. The fourth-order valence-corrected chi connectivity index (χ4v) is 4.27. The van der Waals surface area contributed by atoms with Gasteiger partial charge in [0.05, 0.1) is 11.2 Å². The zero-order valence-electron chi connectivity index (χ0n) is 18.7. The Hall–Kier alpha value is -3.03. The van der Waals surface area contributed by atoms with E-state index in [1.807, 2.05) is 16.7 Å². The number of nitrogens with zero attached hydrogens (tertiary/aromatic N) is 6. The SMILES string of the molecule is Cn1c(=O)n(CC(C)(C)C)c2ccc(C3=CCC(CC(=O)Cn4cncn4)CC3)nc21. The van der Waals surface area contributed by atoms with Gasteiger partial charge >= 0.3 is 5.69 Å². The Morgan fingerprint density at radius 1 is 1.26 bits per heavy atom. The number of carbonyl (C=O) groups excluding carboxylic acids is 1. The highest BCUT2D eigenvalue weighted by molar-refractivity contribution is 5.79. The fraction of sp³-hybridized carbons (Fsp3) is 0.522. The van der Waals surface area contributed by atoms with Crippen molar-refractivity contribution in [1.82, 2.24) is 28.9 Å². The molecule has 1 atom stereocenters. The minimum Gasteiger partial charge on any atom is -0.298 e. The fourth-order valence-electron chi connectivity index (χ4n) is 4.27. The molecule has 8 nitrogen and oxygen atoms in total. The molecular weight excluding hydrogens is 392 g/mol. The second kappa shape index (κ2) is 8.24. The first-order valence-electron chi connectivity index (χ1n) is 10.8. The first-order valence-corrected chi connectivity index (χ1v) is 10.8. The van der Waals surface area contributed by atoms with Crippen molar-refractivity contribution in [2.24, 2.45) is 18.4 Å². The van der Waals surface area contributed by atoms with E-state index < -0.39 is 0 Å². The summed E-state index contributed by atoms with van der Waals surface area (Å²) in [6, 6.07) is 4.03. The zero-order valence-corrected chi connectivity index (χ0v) is 18.7. The lowest BCUT2D eigenvalue weighted by Gasteiger charge is -2.21. The van der Waals surface area contributed by atoms with Crippen LogP contribution < -0.4 is 5.69 Å². The Balaban J connectivity index is 1.49. The van der Waals surface area contributed by atoms with Gasteiger partial charge in [-0.15, -0.1) is 0 Å². The van der Waals surface area contributed by atoms with Gasteiger partial charge in [-0.3, -0.25) is 13.9 Å². The van der Waals surface area contributed by atoms with Gasteiger partial charge in [-0.2, -0.15) is 5.10 Å². The number of fused-ring (bicyclic) bond motifs is 1. The molecule has 0 amide bonds. The van der Waals surface area contributed by atoms with Gasteiger partial charge in [-0.25, -0.2) is 19.4 Å². The van der Waals surface area contributed by atoms with Crippen LogP contribution in [0.1, 0.15) is 52.1 Å². The van der Waals surface area contributed by atoms with Gasteiger partial charge in [-0.05, 0) is 48.3 Å². The van der Waals surface area contributed by atoms with Gasteiger partial charge < -0.3 is 0 Å². The Morgan fingerprint density at radius 2 is 2.06 bits per heavy atom. The average Bonchev–Trinajstić information content (AvgIpc) is 3.30. The second-order valence-corrected chi connectivity index (χ2v) is 9.73. The molecule has 164 valence electrons. The first-order chi connectivity index (χ1) is 14.7. The Kier molecular flexibility index (Phi) is 5.64. The van der Waals surface area contributed by atoms with Gasteiger partial charge in [0.2, 0.25) is 0 Å².